The number of hydrogen-bond donors (Lipinski definition) is 2. The number of carbonyl (C=O) groups is 2. The van der Waals surface area contributed by atoms with Crippen LogP contribution in [0.3, 0.4) is 0 Å². The number of benzene rings is 2. The van der Waals surface area contributed by atoms with Crippen LogP contribution in [0.2, 0.25) is 10.0 Å². The van der Waals surface area contributed by atoms with Crippen molar-refractivity contribution in [1.29, 1.82) is 0 Å². The summed E-state index contributed by atoms with van der Waals surface area (Å²) in [6.07, 6.45) is 3.51. The first kappa shape index (κ1) is 25.7. The fraction of sp³-hybridized carbons (Fsp3) is 0.280. The van der Waals surface area contributed by atoms with E-state index in [0.717, 1.165) is 5.39 Å². The summed E-state index contributed by atoms with van der Waals surface area (Å²) in [4.78, 5) is 34.2. The zero-order chi connectivity index (χ0) is 25.8. The molecule has 0 radical (unpaired) electrons. The molecular weight excluding hydrogens is 507 g/mol. The van der Waals surface area contributed by atoms with Gasteiger partial charge in [0.25, 0.3) is 0 Å². The van der Waals surface area contributed by atoms with Gasteiger partial charge in [-0.3, -0.25) is 9.59 Å². The lowest BCUT2D eigenvalue weighted by Crippen LogP contribution is -2.52. The Hall–Kier alpha value is -3.40. The molecule has 1 aromatic heterocycles. The highest BCUT2D eigenvalue weighted by Crippen LogP contribution is 2.41. The van der Waals surface area contributed by atoms with Crippen molar-refractivity contribution >= 4 is 51.7 Å². The summed E-state index contributed by atoms with van der Waals surface area (Å²) < 4.78 is 16.1. The number of carbonyl (C=O) groups excluding carboxylic acids is 2. The Morgan fingerprint density at radius 1 is 1.14 bits per heavy atom. The average molecular weight is 531 g/mol. The normalized spacial score (nSPS) is 17.3. The molecule has 2 unspecified atom stereocenters. The molecule has 9 nitrogen and oxygen atoms in total. The van der Waals surface area contributed by atoms with Gasteiger partial charge >= 0.3 is 0 Å². The van der Waals surface area contributed by atoms with Gasteiger partial charge in [0.05, 0.1) is 54.0 Å². The number of anilines is 1. The van der Waals surface area contributed by atoms with Crippen molar-refractivity contribution in [2.75, 3.05) is 32.8 Å². The lowest BCUT2D eigenvalue weighted by molar-refractivity contribution is -0.117. The molecule has 1 aliphatic rings. The Kier molecular flexibility index (Phi) is 7.93. The number of hydrogen-bond acceptors (Lipinski definition) is 8. The molecule has 0 bridgehead atoms. The second-order valence-electron chi connectivity index (χ2n) is 8.01. The lowest BCUT2D eigenvalue weighted by Gasteiger charge is -2.32. The summed E-state index contributed by atoms with van der Waals surface area (Å²) in [5.41, 5.74) is 0.925. The van der Waals surface area contributed by atoms with E-state index in [2.05, 4.69) is 27.2 Å². The van der Waals surface area contributed by atoms with E-state index in [-0.39, 0.29) is 45.1 Å². The monoisotopic (exact) mass is 530 g/mol. The van der Waals surface area contributed by atoms with E-state index in [4.69, 9.17) is 37.4 Å². The van der Waals surface area contributed by atoms with Gasteiger partial charge in [-0.25, -0.2) is 9.97 Å². The number of methoxy groups -OCH3 is 2. The number of ketones is 1. The fourth-order valence-electron chi connectivity index (χ4n) is 3.92. The smallest absolute Gasteiger partial charge is 0.243 e. The van der Waals surface area contributed by atoms with Crippen molar-refractivity contribution in [3.63, 3.8) is 0 Å². The topological polar surface area (TPSA) is 112 Å². The minimum atomic E-state index is -0.412. The number of ether oxygens (including phenoxy) is 3. The number of fused-ring (bicyclic) bond motifs is 1. The average Bonchev–Trinajstić information content (AvgIpc) is 2.89. The van der Waals surface area contributed by atoms with Crippen LogP contribution in [0.25, 0.3) is 10.9 Å². The highest BCUT2D eigenvalue weighted by atomic mass is 35.5. The number of rotatable bonds is 8. The summed E-state index contributed by atoms with van der Waals surface area (Å²) in [7, 11) is 2.88. The summed E-state index contributed by atoms with van der Waals surface area (Å²) in [5, 5.41) is 7.03. The first-order valence-corrected chi connectivity index (χ1v) is 11.8. The van der Waals surface area contributed by atoms with Crippen molar-refractivity contribution < 1.29 is 23.8 Å². The van der Waals surface area contributed by atoms with Gasteiger partial charge in [0, 0.05) is 29.8 Å². The van der Waals surface area contributed by atoms with Crippen molar-refractivity contribution in [1.82, 2.24) is 15.3 Å². The quantitative estimate of drug-likeness (QED) is 0.331. The number of nitrogens with one attached hydrogen (secondary N) is 2. The van der Waals surface area contributed by atoms with E-state index in [0.29, 0.717) is 36.7 Å². The summed E-state index contributed by atoms with van der Waals surface area (Å²) >= 11 is 12.9. The van der Waals surface area contributed by atoms with Crippen LogP contribution >= 0.6 is 23.2 Å². The van der Waals surface area contributed by atoms with Crippen LogP contribution in [-0.2, 0) is 9.53 Å². The summed E-state index contributed by atoms with van der Waals surface area (Å²) in [5.74, 6) is 0.194. The Bertz CT molecular complexity index is 1310. The molecule has 1 saturated heterocycles. The third kappa shape index (κ3) is 5.23. The Labute approximate surface area is 217 Å². The second-order valence-corrected chi connectivity index (χ2v) is 8.77. The Morgan fingerprint density at radius 2 is 1.86 bits per heavy atom. The van der Waals surface area contributed by atoms with Crippen molar-refractivity contribution in [3.05, 3.63) is 64.3 Å². The van der Waals surface area contributed by atoms with Crippen molar-refractivity contribution in [3.8, 4) is 11.5 Å². The molecule has 2 atom stereocenters. The fourth-order valence-corrected chi connectivity index (χ4v) is 4.60. The third-order valence-electron chi connectivity index (χ3n) is 5.83. The van der Waals surface area contributed by atoms with Crippen LogP contribution < -0.4 is 20.1 Å². The molecule has 1 aliphatic heterocycles. The largest absolute Gasteiger partial charge is 0.495 e. The molecule has 0 aliphatic carbocycles. The first-order chi connectivity index (χ1) is 17.4. The lowest BCUT2D eigenvalue weighted by atomic mass is 10.0. The molecular formula is C25H24Cl2N4O5. The number of nitrogens with zero attached hydrogens (tertiary/aromatic N) is 2. The van der Waals surface area contributed by atoms with Crippen LogP contribution in [0, 0.1) is 0 Å². The van der Waals surface area contributed by atoms with Crippen molar-refractivity contribution in [2.45, 2.75) is 18.5 Å². The summed E-state index contributed by atoms with van der Waals surface area (Å²) in [6.45, 7) is 4.40. The van der Waals surface area contributed by atoms with E-state index >= 15 is 0 Å². The molecule has 11 heteroatoms. The molecule has 4 rings (SSSR count). The van der Waals surface area contributed by atoms with Gasteiger partial charge in [-0.15, -0.1) is 0 Å². The van der Waals surface area contributed by atoms with E-state index in [1.807, 2.05) is 0 Å². The van der Waals surface area contributed by atoms with Gasteiger partial charge < -0.3 is 24.8 Å². The van der Waals surface area contributed by atoms with Gasteiger partial charge in [-0.2, -0.15) is 0 Å². The van der Waals surface area contributed by atoms with Crippen LogP contribution in [0.4, 0.5) is 5.95 Å². The Balaban J connectivity index is 1.65. The molecule has 2 heterocycles. The minimum Gasteiger partial charge on any atom is -0.495 e. The van der Waals surface area contributed by atoms with Gasteiger partial charge in [-0.1, -0.05) is 41.9 Å². The maximum atomic E-state index is 13.4. The maximum absolute atomic E-state index is 13.4. The number of halogens is 2. The van der Waals surface area contributed by atoms with Crippen LogP contribution in [0.1, 0.15) is 22.3 Å². The SMILES string of the molecule is C=CC(=O)NC1CCOCC1Nc1ncc2ccc(C(=O)c3c(Cl)c(OC)cc(OC)c3Cl)cc2n1. The molecule has 2 aromatic carbocycles. The van der Waals surface area contributed by atoms with E-state index < -0.39 is 5.78 Å². The molecule has 3 aromatic rings. The van der Waals surface area contributed by atoms with Crippen molar-refractivity contribution in [2.24, 2.45) is 0 Å². The van der Waals surface area contributed by atoms with E-state index in [9.17, 15) is 9.59 Å². The van der Waals surface area contributed by atoms with Gasteiger partial charge in [0.15, 0.2) is 5.78 Å². The molecule has 0 saturated carbocycles. The number of amides is 1. The first-order valence-electron chi connectivity index (χ1n) is 11.0. The predicted molar refractivity (Wildman–Crippen MR) is 138 cm³/mol. The molecule has 1 fully saturated rings. The van der Waals surface area contributed by atoms with Crippen LogP contribution in [0.5, 0.6) is 11.5 Å². The van der Waals surface area contributed by atoms with E-state index in [1.165, 1.54) is 26.4 Å². The van der Waals surface area contributed by atoms with Gasteiger partial charge in [-0.05, 0) is 18.6 Å². The second kappa shape index (κ2) is 11.1. The zero-order valence-electron chi connectivity index (χ0n) is 19.6. The maximum Gasteiger partial charge on any atom is 0.243 e. The highest BCUT2D eigenvalue weighted by Gasteiger charge is 2.28. The molecule has 2 N–H and O–H groups in total. The minimum absolute atomic E-state index is 0.0708. The van der Waals surface area contributed by atoms with Gasteiger partial charge in [0.1, 0.15) is 11.5 Å². The third-order valence-corrected chi connectivity index (χ3v) is 6.58. The summed E-state index contributed by atoms with van der Waals surface area (Å²) in [6, 6.07) is 6.12. The van der Waals surface area contributed by atoms with E-state index in [1.54, 1.807) is 24.4 Å². The molecule has 1 amide bonds. The van der Waals surface area contributed by atoms with Crippen LogP contribution in [-0.4, -0.2) is 61.2 Å². The number of aromatic nitrogens is 2. The molecule has 188 valence electrons. The standard InChI is InChI=1S/C25H24Cl2N4O5/c1-4-20(32)29-15-7-8-36-12-17(15)31-25-28-11-14-6-5-13(9-16(14)30-25)24(33)21-22(26)18(34-2)10-19(35-3)23(21)27/h4-6,9-11,15,17H,1,7-8,12H2,2-3H3,(H,29,32)(H,28,30,31). The Morgan fingerprint density at radius 3 is 2.53 bits per heavy atom. The molecule has 0 spiro atoms. The van der Waals surface area contributed by atoms with Gasteiger partial charge in [0.2, 0.25) is 11.9 Å². The predicted octanol–water partition coefficient (Wildman–Crippen LogP) is 4.06. The highest BCUT2D eigenvalue weighted by molar-refractivity contribution is 6.42. The zero-order valence-corrected chi connectivity index (χ0v) is 21.2. The van der Waals surface area contributed by atoms with Crippen LogP contribution in [0.15, 0.2) is 43.1 Å². The molecule has 36 heavy (non-hydrogen) atoms.